The van der Waals surface area contributed by atoms with Crippen LogP contribution in [0.1, 0.15) is 20.3 Å². The minimum atomic E-state index is -0.948. The van der Waals surface area contributed by atoms with Crippen molar-refractivity contribution in [1.82, 2.24) is 9.80 Å². The highest BCUT2D eigenvalue weighted by atomic mass is 16.6. The summed E-state index contributed by atoms with van der Waals surface area (Å²) in [4.78, 5) is 41.4. The first-order valence-electron chi connectivity index (χ1n) is 9.11. The Morgan fingerprint density at radius 2 is 2.04 bits per heavy atom. The van der Waals surface area contributed by atoms with Gasteiger partial charge in [0, 0.05) is 30.8 Å². The number of methoxy groups -OCH3 is 1. The largest absolute Gasteiger partial charge is 0.449 e. The van der Waals surface area contributed by atoms with Crippen molar-refractivity contribution in [2.24, 2.45) is 17.4 Å². The number of allylic oxidation sites excluding steroid dienone is 2. The molecule has 2 fully saturated rings. The molecule has 0 radical (unpaired) electrons. The van der Waals surface area contributed by atoms with E-state index in [1.165, 1.54) is 0 Å². The molecule has 0 aromatic rings. The van der Waals surface area contributed by atoms with Gasteiger partial charge in [-0.3, -0.25) is 14.5 Å². The Kier molecular flexibility index (Phi) is 3.87. The third-order valence-electron chi connectivity index (χ3n) is 6.30. The average molecular weight is 376 g/mol. The number of carbonyl (C=O) groups is 3. The molecule has 5 atom stereocenters. The normalized spacial score (nSPS) is 36.8. The number of hydrogen-bond acceptors (Lipinski definition) is 8. The van der Waals surface area contributed by atoms with Gasteiger partial charge in [0.05, 0.1) is 23.4 Å². The van der Waals surface area contributed by atoms with Gasteiger partial charge in [0.15, 0.2) is 5.72 Å². The smallest absolute Gasteiger partial charge is 0.404 e. The van der Waals surface area contributed by atoms with E-state index in [0.29, 0.717) is 12.2 Å². The van der Waals surface area contributed by atoms with Gasteiger partial charge in [-0.05, 0) is 19.9 Å². The summed E-state index contributed by atoms with van der Waals surface area (Å²) >= 11 is 0. The summed E-state index contributed by atoms with van der Waals surface area (Å²) in [6, 6.07) is 0.248. The first-order chi connectivity index (χ1) is 12.8. The zero-order chi connectivity index (χ0) is 19.7. The number of piperazine rings is 1. The van der Waals surface area contributed by atoms with Crippen LogP contribution in [0, 0.1) is 5.92 Å². The Morgan fingerprint density at radius 1 is 1.33 bits per heavy atom. The van der Waals surface area contributed by atoms with Crippen molar-refractivity contribution >= 4 is 17.7 Å². The topological polar surface area (TPSA) is 128 Å². The van der Waals surface area contributed by atoms with Gasteiger partial charge in [0.2, 0.25) is 11.6 Å². The molecule has 4 N–H and O–H groups in total. The summed E-state index contributed by atoms with van der Waals surface area (Å²) in [6.45, 7) is 4.98. The molecule has 1 aliphatic carbocycles. The standard InChI is InChI=1S/C18H24N4O5/c1-4-5-21-10-6-22-13-11(15(24)12(19)8(2)14(13)23)9(7-27-17(20)25)18(22,26-3)16(10)21/h9-10,16H,4-7,19H2,1-3H3,(H2,20,25)/t9-,10+,16+,18-,21?/m1/s1. The fraction of sp³-hybridized carbons (Fsp3) is 0.611. The quantitative estimate of drug-likeness (QED) is 0.484. The van der Waals surface area contributed by atoms with Crippen LogP contribution < -0.4 is 11.5 Å². The maximum Gasteiger partial charge on any atom is 0.404 e. The van der Waals surface area contributed by atoms with E-state index in [2.05, 4.69) is 11.8 Å². The lowest BCUT2D eigenvalue weighted by molar-refractivity contribution is -0.145. The fourth-order valence-corrected chi connectivity index (χ4v) is 5.15. The number of Topliss-reactive ketones (excluding diaryl/α,β-unsaturated/α-hetero) is 2. The molecular weight excluding hydrogens is 352 g/mol. The van der Waals surface area contributed by atoms with Crippen LogP contribution in [0.15, 0.2) is 22.5 Å². The number of rotatable bonds is 5. The lowest BCUT2D eigenvalue weighted by Gasteiger charge is -2.41. The molecule has 0 spiro atoms. The summed E-state index contributed by atoms with van der Waals surface area (Å²) in [5.41, 5.74) is 10.9. The highest BCUT2D eigenvalue weighted by Gasteiger charge is 2.75. The van der Waals surface area contributed by atoms with Gasteiger partial charge in [0.25, 0.3) is 0 Å². The number of nitrogens with two attached hydrogens (primary N) is 2. The van der Waals surface area contributed by atoms with Crippen molar-refractivity contribution < 1.29 is 23.9 Å². The predicted octanol–water partition coefficient (Wildman–Crippen LogP) is -0.529. The van der Waals surface area contributed by atoms with Gasteiger partial charge in [-0.2, -0.15) is 0 Å². The van der Waals surface area contributed by atoms with Crippen molar-refractivity contribution in [3.05, 3.63) is 22.5 Å². The fourth-order valence-electron chi connectivity index (χ4n) is 5.15. The number of hydrogen-bond donors (Lipinski definition) is 2. The monoisotopic (exact) mass is 376 g/mol. The SMILES string of the molecule is CCCN1[C@H]2[C@@H]1CN1C3=C(C(=O)C(N)=C(C)C3=O)[C@@H](COC(N)=O)[C@@]21OC. The van der Waals surface area contributed by atoms with E-state index in [0.717, 1.165) is 13.0 Å². The Bertz CT molecular complexity index is 819. The Morgan fingerprint density at radius 3 is 2.63 bits per heavy atom. The first kappa shape index (κ1) is 18.0. The van der Waals surface area contributed by atoms with Crippen molar-refractivity contribution in [2.75, 3.05) is 26.8 Å². The zero-order valence-electron chi connectivity index (χ0n) is 15.7. The average Bonchev–Trinajstić information content (AvgIpc) is 3.07. The van der Waals surface area contributed by atoms with E-state index < -0.39 is 23.5 Å². The summed E-state index contributed by atoms with van der Waals surface area (Å²) in [6.07, 6.45) is 0.0420. The second-order valence-electron chi connectivity index (χ2n) is 7.46. The lowest BCUT2D eigenvalue weighted by atomic mass is 9.82. The van der Waals surface area contributed by atoms with Gasteiger partial charge >= 0.3 is 6.09 Å². The highest BCUT2D eigenvalue weighted by molar-refractivity contribution is 6.25. The number of fused-ring (bicyclic) bond motifs is 4. The molecule has 3 heterocycles. The van der Waals surface area contributed by atoms with Crippen LogP contribution in [0.3, 0.4) is 0 Å². The molecule has 4 aliphatic rings. The van der Waals surface area contributed by atoms with E-state index in [-0.39, 0.29) is 41.3 Å². The molecular formula is C18H24N4O5. The van der Waals surface area contributed by atoms with Crippen molar-refractivity contribution in [1.29, 1.82) is 0 Å². The maximum absolute atomic E-state index is 13.0. The van der Waals surface area contributed by atoms with Crippen molar-refractivity contribution in [3.8, 4) is 0 Å². The number of primary amides is 1. The van der Waals surface area contributed by atoms with Gasteiger partial charge in [-0.15, -0.1) is 0 Å². The summed E-state index contributed by atoms with van der Waals surface area (Å²) in [5.74, 6) is -1.30. The summed E-state index contributed by atoms with van der Waals surface area (Å²) in [5, 5.41) is 0. The van der Waals surface area contributed by atoms with Crippen LogP contribution in [-0.4, -0.2) is 72.1 Å². The number of ketones is 2. The van der Waals surface area contributed by atoms with E-state index in [1.54, 1.807) is 14.0 Å². The number of ether oxygens (including phenoxy) is 2. The maximum atomic E-state index is 13.0. The minimum absolute atomic E-state index is 0.0108. The molecule has 0 aromatic heterocycles. The van der Waals surface area contributed by atoms with Crippen LogP contribution >= 0.6 is 0 Å². The molecule has 0 bridgehead atoms. The van der Waals surface area contributed by atoms with E-state index in [9.17, 15) is 14.4 Å². The molecule has 9 heteroatoms. The molecule has 3 aliphatic heterocycles. The molecule has 0 aromatic carbocycles. The number of amides is 1. The van der Waals surface area contributed by atoms with Gasteiger partial charge in [0.1, 0.15) is 6.61 Å². The van der Waals surface area contributed by atoms with Crippen LogP contribution in [0.2, 0.25) is 0 Å². The predicted molar refractivity (Wildman–Crippen MR) is 94.0 cm³/mol. The summed E-state index contributed by atoms with van der Waals surface area (Å²) in [7, 11) is 1.56. The molecule has 9 nitrogen and oxygen atoms in total. The second kappa shape index (κ2) is 5.80. The van der Waals surface area contributed by atoms with Crippen molar-refractivity contribution in [3.63, 3.8) is 0 Å². The third-order valence-corrected chi connectivity index (χ3v) is 6.30. The Hall–Kier alpha value is -2.39. The van der Waals surface area contributed by atoms with Crippen LogP contribution in [0.4, 0.5) is 4.79 Å². The minimum Gasteiger partial charge on any atom is -0.449 e. The van der Waals surface area contributed by atoms with Crippen LogP contribution in [-0.2, 0) is 19.1 Å². The molecule has 1 amide bonds. The molecule has 1 unspecified atom stereocenters. The first-order valence-corrected chi connectivity index (χ1v) is 9.11. The molecule has 27 heavy (non-hydrogen) atoms. The van der Waals surface area contributed by atoms with Crippen molar-refractivity contribution in [2.45, 2.75) is 38.1 Å². The summed E-state index contributed by atoms with van der Waals surface area (Å²) < 4.78 is 11.1. The Balaban J connectivity index is 1.81. The third kappa shape index (κ3) is 2.09. The van der Waals surface area contributed by atoms with Gasteiger partial charge in [-0.1, -0.05) is 6.92 Å². The van der Waals surface area contributed by atoms with Crippen LogP contribution in [0.25, 0.3) is 0 Å². The van der Waals surface area contributed by atoms with E-state index >= 15 is 0 Å². The van der Waals surface area contributed by atoms with E-state index in [1.807, 2.05) is 4.90 Å². The van der Waals surface area contributed by atoms with Gasteiger partial charge < -0.3 is 25.8 Å². The Labute approximate surface area is 156 Å². The highest BCUT2D eigenvalue weighted by Crippen LogP contribution is 2.59. The van der Waals surface area contributed by atoms with E-state index in [4.69, 9.17) is 20.9 Å². The van der Waals surface area contributed by atoms with Crippen LogP contribution in [0.5, 0.6) is 0 Å². The molecule has 146 valence electrons. The second-order valence-corrected chi connectivity index (χ2v) is 7.46. The molecule has 2 saturated heterocycles. The molecule has 4 rings (SSSR count). The lowest BCUT2D eigenvalue weighted by Crippen LogP contribution is -2.55. The van der Waals surface area contributed by atoms with Gasteiger partial charge in [-0.25, -0.2) is 4.79 Å². The number of carbonyl (C=O) groups excluding carboxylic acids is 3. The molecule has 0 saturated carbocycles. The zero-order valence-corrected chi connectivity index (χ0v) is 15.7. The number of nitrogens with zero attached hydrogens (tertiary/aromatic N) is 2.